The lowest BCUT2D eigenvalue weighted by Crippen LogP contribution is -2.26. The summed E-state index contributed by atoms with van der Waals surface area (Å²) in [4.78, 5) is 30.6. The number of nitrogens with one attached hydrogen (secondary N) is 1. The molecule has 1 heterocycles. The molecule has 0 saturated heterocycles. The molecule has 1 amide bonds. The Labute approximate surface area is 195 Å². The van der Waals surface area contributed by atoms with Gasteiger partial charge in [0.2, 0.25) is 5.91 Å². The number of benzene rings is 3. The van der Waals surface area contributed by atoms with Crippen molar-refractivity contribution >= 4 is 34.3 Å². The lowest BCUT2D eigenvalue weighted by atomic mass is 10.2. The average molecular weight is 458 g/mol. The minimum absolute atomic E-state index is 0.0350. The van der Waals surface area contributed by atoms with Gasteiger partial charge >= 0.3 is 0 Å². The van der Waals surface area contributed by atoms with Crippen molar-refractivity contribution in [3.8, 4) is 11.5 Å². The Kier molecular flexibility index (Phi) is 5.88. The predicted molar refractivity (Wildman–Crippen MR) is 131 cm³/mol. The summed E-state index contributed by atoms with van der Waals surface area (Å²) in [6.45, 7) is 1.82. The molecule has 5 rings (SSSR count). The molecule has 3 aromatic carbocycles. The summed E-state index contributed by atoms with van der Waals surface area (Å²) in [6.07, 6.45) is 1.93. The number of rotatable bonds is 7. The van der Waals surface area contributed by atoms with Crippen molar-refractivity contribution in [2.24, 2.45) is 0 Å². The van der Waals surface area contributed by atoms with Gasteiger partial charge in [0, 0.05) is 11.7 Å². The molecule has 6 nitrogen and oxygen atoms in total. The number of ether oxygens (including phenoxy) is 1. The Morgan fingerprint density at radius 1 is 1.00 bits per heavy atom. The molecular formula is C26H23N3O3S. The molecule has 1 fully saturated rings. The van der Waals surface area contributed by atoms with E-state index in [1.165, 1.54) is 11.8 Å². The summed E-state index contributed by atoms with van der Waals surface area (Å²) in [6, 6.07) is 24.3. The summed E-state index contributed by atoms with van der Waals surface area (Å²) in [5.41, 5.74) is 1.30. The van der Waals surface area contributed by atoms with Gasteiger partial charge in [-0.1, -0.05) is 42.1 Å². The highest BCUT2D eigenvalue weighted by molar-refractivity contribution is 8.00. The van der Waals surface area contributed by atoms with E-state index in [9.17, 15) is 9.59 Å². The Morgan fingerprint density at radius 3 is 2.39 bits per heavy atom. The van der Waals surface area contributed by atoms with Crippen molar-refractivity contribution in [2.75, 3.05) is 5.32 Å². The van der Waals surface area contributed by atoms with Gasteiger partial charge in [-0.2, -0.15) is 0 Å². The third kappa shape index (κ3) is 4.78. The molecule has 1 unspecified atom stereocenters. The smallest absolute Gasteiger partial charge is 0.262 e. The van der Waals surface area contributed by atoms with E-state index in [0.29, 0.717) is 27.5 Å². The molecule has 33 heavy (non-hydrogen) atoms. The predicted octanol–water partition coefficient (Wildman–Crippen LogP) is 5.64. The summed E-state index contributed by atoms with van der Waals surface area (Å²) >= 11 is 1.31. The lowest BCUT2D eigenvalue weighted by molar-refractivity contribution is -0.115. The minimum atomic E-state index is -0.427. The van der Waals surface area contributed by atoms with Crippen molar-refractivity contribution in [1.82, 2.24) is 9.55 Å². The zero-order valence-electron chi connectivity index (χ0n) is 18.1. The quantitative estimate of drug-likeness (QED) is 0.287. The molecule has 0 bridgehead atoms. The fourth-order valence-electron chi connectivity index (χ4n) is 3.55. The van der Waals surface area contributed by atoms with Gasteiger partial charge in [0.1, 0.15) is 11.5 Å². The van der Waals surface area contributed by atoms with E-state index in [0.717, 1.165) is 18.6 Å². The normalized spacial score (nSPS) is 14.1. The van der Waals surface area contributed by atoms with Crippen LogP contribution in [0.3, 0.4) is 0 Å². The average Bonchev–Trinajstić information content (AvgIpc) is 3.66. The number of carbonyl (C=O) groups is 1. The Hall–Kier alpha value is -3.58. The molecule has 0 spiro atoms. The molecule has 4 aromatic rings. The topological polar surface area (TPSA) is 73.2 Å². The van der Waals surface area contributed by atoms with E-state index in [2.05, 4.69) is 5.32 Å². The molecule has 1 aliphatic rings. The van der Waals surface area contributed by atoms with Crippen LogP contribution in [0.1, 0.15) is 25.8 Å². The minimum Gasteiger partial charge on any atom is -0.457 e. The third-order valence-corrected chi connectivity index (χ3v) is 6.51. The van der Waals surface area contributed by atoms with Gasteiger partial charge in [-0.05, 0) is 68.3 Å². The number of thioether (sulfide) groups is 1. The van der Waals surface area contributed by atoms with Crippen LogP contribution in [0.4, 0.5) is 5.69 Å². The zero-order chi connectivity index (χ0) is 22.8. The standard InChI is InChI=1S/C26H23N3O3S/c1-17(24(30)27-18-11-15-21(16-12-18)32-20-7-3-2-4-8-20)33-26-28-23-10-6-5-9-22(23)25(31)29(26)19-13-14-19/h2-12,15-17,19H,13-14H2,1H3,(H,27,30). The van der Waals surface area contributed by atoms with Crippen molar-refractivity contribution in [3.63, 3.8) is 0 Å². The molecule has 0 radical (unpaired) electrons. The number of aromatic nitrogens is 2. The fraction of sp³-hybridized carbons (Fsp3) is 0.192. The van der Waals surface area contributed by atoms with Crippen LogP contribution < -0.4 is 15.6 Å². The van der Waals surface area contributed by atoms with Crippen LogP contribution in [0.2, 0.25) is 0 Å². The van der Waals surface area contributed by atoms with Gasteiger partial charge in [0.25, 0.3) is 5.56 Å². The first-order valence-electron chi connectivity index (χ1n) is 10.9. The van der Waals surface area contributed by atoms with E-state index >= 15 is 0 Å². The van der Waals surface area contributed by atoms with Gasteiger partial charge in [0.05, 0.1) is 16.2 Å². The molecular weight excluding hydrogens is 434 g/mol. The van der Waals surface area contributed by atoms with Gasteiger partial charge in [-0.15, -0.1) is 0 Å². The highest BCUT2D eigenvalue weighted by Gasteiger charge is 2.30. The second kappa shape index (κ2) is 9.11. The summed E-state index contributed by atoms with van der Waals surface area (Å²) in [7, 11) is 0. The Morgan fingerprint density at radius 2 is 1.67 bits per heavy atom. The number of hydrogen-bond acceptors (Lipinski definition) is 5. The lowest BCUT2D eigenvalue weighted by Gasteiger charge is -2.16. The molecule has 1 saturated carbocycles. The van der Waals surface area contributed by atoms with E-state index < -0.39 is 5.25 Å². The van der Waals surface area contributed by atoms with Gasteiger partial charge in [0.15, 0.2) is 5.16 Å². The largest absolute Gasteiger partial charge is 0.457 e. The van der Waals surface area contributed by atoms with Crippen molar-refractivity contribution < 1.29 is 9.53 Å². The van der Waals surface area contributed by atoms with Gasteiger partial charge in [-0.25, -0.2) is 4.98 Å². The summed E-state index contributed by atoms with van der Waals surface area (Å²) < 4.78 is 7.55. The van der Waals surface area contributed by atoms with E-state index in [1.54, 1.807) is 10.6 Å². The molecule has 1 N–H and O–H groups in total. The zero-order valence-corrected chi connectivity index (χ0v) is 18.9. The van der Waals surface area contributed by atoms with Crippen LogP contribution >= 0.6 is 11.8 Å². The highest BCUT2D eigenvalue weighted by Crippen LogP contribution is 2.37. The van der Waals surface area contributed by atoms with E-state index in [-0.39, 0.29) is 17.5 Å². The third-order valence-electron chi connectivity index (χ3n) is 5.44. The first kappa shape index (κ1) is 21.3. The number of nitrogens with zero attached hydrogens (tertiary/aromatic N) is 2. The second-order valence-corrected chi connectivity index (χ2v) is 9.31. The first-order chi connectivity index (χ1) is 16.1. The van der Waals surface area contributed by atoms with Crippen molar-refractivity contribution in [3.05, 3.63) is 89.2 Å². The summed E-state index contributed by atoms with van der Waals surface area (Å²) in [5.74, 6) is 1.29. The SMILES string of the molecule is CC(Sc1nc2ccccc2c(=O)n1C1CC1)C(=O)Nc1ccc(Oc2ccccc2)cc1. The molecule has 1 aliphatic carbocycles. The van der Waals surface area contributed by atoms with Crippen molar-refractivity contribution in [2.45, 2.75) is 36.2 Å². The van der Waals surface area contributed by atoms with Gasteiger partial charge in [-0.3, -0.25) is 14.2 Å². The van der Waals surface area contributed by atoms with Crippen molar-refractivity contribution in [1.29, 1.82) is 0 Å². The van der Waals surface area contributed by atoms with Crippen LogP contribution in [0.15, 0.2) is 88.8 Å². The van der Waals surface area contributed by atoms with Crippen LogP contribution in [0, 0.1) is 0 Å². The van der Waals surface area contributed by atoms with Crippen LogP contribution in [0.25, 0.3) is 10.9 Å². The first-order valence-corrected chi connectivity index (χ1v) is 11.8. The number of hydrogen-bond donors (Lipinski definition) is 1. The number of fused-ring (bicyclic) bond motifs is 1. The highest BCUT2D eigenvalue weighted by atomic mass is 32.2. The van der Waals surface area contributed by atoms with E-state index in [4.69, 9.17) is 9.72 Å². The fourth-order valence-corrected chi connectivity index (χ4v) is 4.53. The number of para-hydroxylation sites is 2. The van der Waals surface area contributed by atoms with E-state index in [1.807, 2.05) is 79.7 Å². The number of anilines is 1. The molecule has 0 aliphatic heterocycles. The van der Waals surface area contributed by atoms with Gasteiger partial charge < -0.3 is 10.1 Å². The van der Waals surface area contributed by atoms with Crippen LogP contribution in [-0.4, -0.2) is 20.7 Å². The maximum Gasteiger partial charge on any atom is 0.262 e. The number of amides is 1. The Balaban J connectivity index is 1.29. The van der Waals surface area contributed by atoms with Crippen LogP contribution in [0.5, 0.6) is 11.5 Å². The molecule has 166 valence electrons. The monoisotopic (exact) mass is 457 g/mol. The molecule has 1 atom stereocenters. The summed E-state index contributed by atoms with van der Waals surface area (Å²) in [5, 5.41) is 3.72. The second-order valence-electron chi connectivity index (χ2n) is 8.01. The molecule has 1 aromatic heterocycles. The molecule has 7 heteroatoms. The maximum absolute atomic E-state index is 13.0. The van der Waals surface area contributed by atoms with Crippen LogP contribution in [-0.2, 0) is 4.79 Å². The Bertz CT molecular complexity index is 1350. The maximum atomic E-state index is 13.0. The number of carbonyl (C=O) groups excluding carboxylic acids is 1.